The van der Waals surface area contributed by atoms with Crippen molar-refractivity contribution < 1.29 is 14.7 Å². The van der Waals surface area contributed by atoms with Crippen LogP contribution in [0, 0.1) is 0 Å². The van der Waals surface area contributed by atoms with Gasteiger partial charge in [-0.05, 0) is 18.6 Å². The molecule has 7 nitrogen and oxygen atoms in total. The number of carbonyl (C=O) groups excluding carboxylic acids is 2. The fourth-order valence-corrected chi connectivity index (χ4v) is 2.81. The molecule has 0 aromatic heterocycles. The van der Waals surface area contributed by atoms with Crippen LogP contribution in [-0.2, 0) is 9.59 Å². The molecule has 1 heterocycles. The van der Waals surface area contributed by atoms with Gasteiger partial charge < -0.3 is 20.2 Å². The second-order valence-corrected chi connectivity index (χ2v) is 6.35. The summed E-state index contributed by atoms with van der Waals surface area (Å²) in [5, 5.41) is 12.7. The molecule has 1 saturated heterocycles. The number of hydrogen-bond acceptors (Lipinski definition) is 5. The monoisotopic (exact) mass is 348 g/mol. The number of nitrogens with one attached hydrogen (secondary N) is 1. The highest BCUT2D eigenvalue weighted by Crippen LogP contribution is 2.27. The van der Waals surface area contributed by atoms with E-state index < -0.39 is 0 Å². The van der Waals surface area contributed by atoms with Crippen molar-refractivity contribution >= 4 is 17.5 Å². The summed E-state index contributed by atoms with van der Waals surface area (Å²) in [6.45, 7) is 6.03. The van der Waals surface area contributed by atoms with Gasteiger partial charge in [0.05, 0.1) is 18.8 Å². The molecule has 0 spiro atoms. The van der Waals surface area contributed by atoms with E-state index in [9.17, 15) is 14.7 Å². The van der Waals surface area contributed by atoms with E-state index in [0.717, 1.165) is 38.3 Å². The van der Waals surface area contributed by atoms with Gasteiger partial charge >= 0.3 is 0 Å². The van der Waals surface area contributed by atoms with Gasteiger partial charge in [-0.15, -0.1) is 0 Å². The summed E-state index contributed by atoms with van der Waals surface area (Å²) in [5.74, 6) is 0.106. The molecular formula is C18H28N4O3. The molecule has 25 heavy (non-hydrogen) atoms. The Hall–Kier alpha value is -2.28. The molecule has 0 radical (unpaired) electrons. The van der Waals surface area contributed by atoms with Crippen LogP contribution in [0.1, 0.15) is 13.3 Å². The topological polar surface area (TPSA) is 76.1 Å². The maximum Gasteiger partial charge on any atom is 0.239 e. The molecule has 2 amide bonds. The van der Waals surface area contributed by atoms with E-state index in [1.807, 2.05) is 19.1 Å². The average Bonchev–Trinajstić information content (AvgIpc) is 2.61. The zero-order valence-electron chi connectivity index (χ0n) is 15.1. The van der Waals surface area contributed by atoms with Crippen LogP contribution in [-0.4, -0.2) is 79.6 Å². The first-order chi connectivity index (χ1) is 12.0. The number of rotatable bonds is 7. The average molecular weight is 348 g/mol. The molecule has 0 saturated carbocycles. The summed E-state index contributed by atoms with van der Waals surface area (Å²) in [6, 6.07) is 7.30. The second kappa shape index (κ2) is 9.27. The van der Waals surface area contributed by atoms with Crippen molar-refractivity contribution in [2.24, 2.45) is 0 Å². The van der Waals surface area contributed by atoms with Crippen molar-refractivity contribution in [1.29, 1.82) is 0 Å². The number of piperazine rings is 1. The number of carbonyl (C=O) groups is 2. The van der Waals surface area contributed by atoms with Crippen LogP contribution in [0.2, 0.25) is 0 Å². The summed E-state index contributed by atoms with van der Waals surface area (Å²) in [4.78, 5) is 29.6. The van der Waals surface area contributed by atoms with E-state index >= 15 is 0 Å². The zero-order chi connectivity index (χ0) is 18.2. The predicted molar refractivity (Wildman–Crippen MR) is 97.7 cm³/mol. The summed E-state index contributed by atoms with van der Waals surface area (Å²) in [5.41, 5.74) is 0.832. The van der Waals surface area contributed by atoms with E-state index in [2.05, 4.69) is 15.1 Å². The Morgan fingerprint density at radius 1 is 1.20 bits per heavy atom. The van der Waals surface area contributed by atoms with Crippen LogP contribution in [0.3, 0.4) is 0 Å². The molecule has 1 aliphatic rings. The Labute approximate surface area is 149 Å². The highest BCUT2D eigenvalue weighted by atomic mass is 16.3. The van der Waals surface area contributed by atoms with Crippen molar-refractivity contribution in [1.82, 2.24) is 15.1 Å². The van der Waals surface area contributed by atoms with Gasteiger partial charge in [0.2, 0.25) is 11.8 Å². The van der Waals surface area contributed by atoms with Gasteiger partial charge in [-0.3, -0.25) is 14.5 Å². The van der Waals surface area contributed by atoms with E-state index in [-0.39, 0.29) is 24.1 Å². The molecule has 0 aliphatic carbocycles. The van der Waals surface area contributed by atoms with Gasteiger partial charge in [-0.2, -0.15) is 0 Å². The quantitative estimate of drug-likeness (QED) is 0.750. The molecule has 1 aromatic rings. The number of para-hydroxylation sites is 2. The number of amides is 2. The van der Waals surface area contributed by atoms with Gasteiger partial charge in [0, 0.05) is 39.8 Å². The third-order valence-electron chi connectivity index (χ3n) is 4.33. The number of likely N-dealkylation sites (N-methyl/N-ethyl adjacent to an activating group) is 1. The van der Waals surface area contributed by atoms with Gasteiger partial charge in [-0.1, -0.05) is 19.1 Å². The van der Waals surface area contributed by atoms with Crippen LogP contribution >= 0.6 is 0 Å². The molecule has 7 heteroatoms. The minimum absolute atomic E-state index is 0.0531. The normalized spacial score (nSPS) is 15.0. The van der Waals surface area contributed by atoms with E-state index in [1.165, 1.54) is 4.90 Å². The second-order valence-electron chi connectivity index (χ2n) is 6.35. The van der Waals surface area contributed by atoms with Crippen molar-refractivity contribution in [3.8, 4) is 5.75 Å². The van der Waals surface area contributed by atoms with Gasteiger partial charge in [-0.25, -0.2) is 0 Å². The first-order valence-electron chi connectivity index (χ1n) is 8.77. The maximum atomic E-state index is 12.3. The maximum absolute atomic E-state index is 12.3. The van der Waals surface area contributed by atoms with Crippen molar-refractivity contribution in [3.05, 3.63) is 24.3 Å². The molecule has 1 fully saturated rings. The highest BCUT2D eigenvalue weighted by Gasteiger charge is 2.22. The molecule has 1 aliphatic heterocycles. The van der Waals surface area contributed by atoms with E-state index in [0.29, 0.717) is 13.1 Å². The van der Waals surface area contributed by atoms with E-state index in [4.69, 9.17) is 0 Å². The Bertz CT molecular complexity index is 585. The third kappa shape index (κ3) is 5.63. The van der Waals surface area contributed by atoms with Gasteiger partial charge in [0.25, 0.3) is 0 Å². The lowest BCUT2D eigenvalue weighted by Gasteiger charge is -2.36. The Morgan fingerprint density at radius 3 is 2.52 bits per heavy atom. The molecule has 0 bridgehead atoms. The van der Waals surface area contributed by atoms with Crippen LogP contribution in [0.15, 0.2) is 24.3 Å². The number of phenolic OH excluding ortho intramolecular Hbond substituents is 1. The molecule has 0 atom stereocenters. The van der Waals surface area contributed by atoms with Crippen molar-refractivity contribution in [3.63, 3.8) is 0 Å². The lowest BCUT2D eigenvalue weighted by Crippen LogP contribution is -2.50. The fraction of sp³-hybridized carbons (Fsp3) is 0.556. The number of phenols is 1. The zero-order valence-corrected chi connectivity index (χ0v) is 15.1. The smallest absolute Gasteiger partial charge is 0.239 e. The molecule has 2 N–H and O–H groups in total. The summed E-state index contributed by atoms with van der Waals surface area (Å²) in [6.07, 6.45) is 0.880. The minimum atomic E-state index is -0.123. The first-order valence-corrected chi connectivity index (χ1v) is 8.77. The first kappa shape index (κ1) is 19.1. The summed E-state index contributed by atoms with van der Waals surface area (Å²) < 4.78 is 0. The van der Waals surface area contributed by atoms with Crippen molar-refractivity contribution in [2.45, 2.75) is 13.3 Å². The van der Waals surface area contributed by atoms with Gasteiger partial charge in [0.1, 0.15) is 5.75 Å². The third-order valence-corrected chi connectivity index (χ3v) is 4.33. The Morgan fingerprint density at radius 2 is 1.88 bits per heavy atom. The van der Waals surface area contributed by atoms with Crippen molar-refractivity contribution in [2.75, 3.05) is 57.8 Å². The molecule has 138 valence electrons. The number of aromatic hydroxyl groups is 1. The summed E-state index contributed by atoms with van der Waals surface area (Å²) >= 11 is 0. The highest BCUT2D eigenvalue weighted by molar-refractivity contribution is 5.85. The van der Waals surface area contributed by atoms with Crippen LogP contribution < -0.4 is 10.2 Å². The molecule has 2 rings (SSSR count). The number of nitrogens with zero attached hydrogens (tertiary/aromatic N) is 3. The van der Waals surface area contributed by atoms with Crippen LogP contribution in [0.4, 0.5) is 5.69 Å². The molecule has 0 unspecified atom stereocenters. The van der Waals surface area contributed by atoms with Crippen LogP contribution in [0.25, 0.3) is 0 Å². The predicted octanol–water partition coefficient (Wildman–Crippen LogP) is 0.499. The fourth-order valence-electron chi connectivity index (χ4n) is 2.81. The Kier molecular flexibility index (Phi) is 7.06. The van der Waals surface area contributed by atoms with Crippen LogP contribution in [0.5, 0.6) is 5.75 Å². The van der Waals surface area contributed by atoms with E-state index in [1.54, 1.807) is 19.2 Å². The lowest BCUT2D eigenvalue weighted by atomic mass is 10.2. The summed E-state index contributed by atoms with van der Waals surface area (Å²) in [7, 11) is 1.66. The van der Waals surface area contributed by atoms with Gasteiger partial charge in [0.15, 0.2) is 0 Å². The molecular weight excluding hydrogens is 320 g/mol. The minimum Gasteiger partial charge on any atom is -0.506 e. The standard InChI is InChI=1S/C18H28N4O3/c1-3-8-19-17(24)13-20(2)18(25)14-21-9-11-22(12-10-21)15-6-4-5-7-16(15)23/h4-7,23H,3,8-14H2,1-2H3,(H,19,24). The largest absolute Gasteiger partial charge is 0.506 e. The number of anilines is 1. The Balaban J connectivity index is 1.76. The lowest BCUT2D eigenvalue weighted by molar-refractivity contribution is -0.135. The molecule has 1 aromatic carbocycles. The number of benzene rings is 1. The number of hydrogen-bond donors (Lipinski definition) is 2. The SMILES string of the molecule is CCCNC(=O)CN(C)C(=O)CN1CCN(c2ccccc2O)CC1.